The lowest BCUT2D eigenvalue weighted by Gasteiger charge is -2.17. The lowest BCUT2D eigenvalue weighted by Crippen LogP contribution is -2.43. The van der Waals surface area contributed by atoms with Gasteiger partial charge in [-0.15, -0.1) is 0 Å². The Morgan fingerprint density at radius 2 is 2.05 bits per heavy atom. The predicted octanol–water partition coefficient (Wildman–Crippen LogP) is 0.186. The molecule has 0 saturated heterocycles. The van der Waals surface area contributed by atoms with Crippen LogP contribution >= 0.6 is 12.2 Å². The molecule has 1 aromatic rings. The molecule has 0 aliphatic rings. The minimum absolute atomic E-state index is 0.00595. The maximum absolute atomic E-state index is 13.4. The van der Waals surface area contributed by atoms with Crippen LogP contribution in [0.2, 0.25) is 0 Å². The molecule has 0 saturated carbocycles. The largest absolute Gasteiger partial charge is 0.392 e. The lowest BCUT2D eigenvalue weighted by atomic mass is 10.2. The topological polar surface area (TPSA) is 75.4 Å². The van der Waals surface area contributed by atoms with Crippen LogP contribution in [-0.2, 0) is 16.1 Å². The molecule has 0 bridgehead atoms. The second-order valence-electron chi connectivity index (χ2n) is 3.90. The van der Waals surface area contributed by atoms with Crippen LogP contribution in [0.25, 0.3) is 0 Å². The maximum Gasteiger partial charge on any atom is 0.311 e. The van der Waals surface area contributed by atoms with Gasteiger partial charge in [-0.05, 0) is 6.07 Å². The van der Waals surface area contributed by atoms with Crippen molar-refractivity contribution in [2.45, 2.75) is 6.54 Å². The second-order valence-corrected chi connectivity index (χ2v) is 4.43. The van der Waals surface area contributed by atoms with Crippen molar-refractivity contribution in [3.63, 3.8) is 0 Å². The third kappa shape index (κ3) is 4.63. The van der Waals surface area contributed by atoms with E-state index in [0.717, 1.165) is 4.90 Å². The van der Waals surface area contributed by atoms with E-state index >= 15 is 0 Å². The first-order valence-electron chi connectivity index (χ1n) is 5.47. The Bertz CT molecular complexity index is 508. The molecular weight excluding hydrogens is 269 g/mol. The van der Waals surface area contributed by atoms with Gasteiger partial charge in [0.25, 0.3) is 0 Å². The number of rotatable bonds is 4. The number of benzene rings is 1. The summed E-state index contributed by atoms with van der Waals surface area (Å²) in [6.45, 7) is -0.0422. The number of thiocarbonyl (C=S) groups is 1. The molecule has 0 aromatic heterocycles. The van der Waals surface area contributed by atoms with Crippen molar-refractivity contribution in [3.05, 3.63) is 35.6 Å². The number of hydrogen-bond donors (Lipinski definition) is 2. The number of hydrogen-bond acceptors (Lipinski definition) is 3. The third-order valence-electron chi connectivity index (χ3n) is 2.33. The Morgan fingerprint density at radius 3 is 2.63 bits per heavy atom. The van der Waals surface area contributed by atoms with Crippen LogP contribution in [0.4, 0.5) is 4.39 Å². The van der Waals surface area contributed by atoms with Crippen LogP contribution in [-0.4, -0.2) is 35.3 Å². The molecule has 1 rings (SSSR count). The van der Waals surface area contributed by atoms with Crippen molar-refractivity contribution in [1.29, 1.82) is 0 Å². The molecule has 5 nitrogen and oxygen atoms in total. The zero-order valence-corrected chi connectivity index (χ0v) is 11.2. The van der Waals surface area contributed by atoms with E-state index in [-0.39, 0.29) is 18.1 Å². The minimum atomic E-state index is -0.827. The summed E-state index contributed by atoms with van der Waals surface area (Å²) in [7, 11) is 1.41. The number of halogens is 1. The minimum Gasteiger partial charge on any atom is -0.392 e. The summed E-state index contributed by atoms with van der Waals surface area (Å²) < 4.78 is 13.4. The molecule has 19 heavy (non-hydrogen) atoms. The van der Waals surface area contributed by atoms with Gasteiger partial charge in [0.05, 0.1) is 11.5 Å². The molecule has 0 aliphatic carbocycles. The number of likely N-dealkylation sites (N-methyl/N-ethyl adjacent to an activating group) is 1. The third-order valence-corrected chi connectivity index (χ3v) is 2.47. The molecule has 0 radical (unpaired) electrons. The SMILES string of the molecule is CN(Cc1ccccc1F)C(=O)C(=O)NCC(N)=S. The molecule has 3 N–H and O–H groups in total. The highest BCUT2D eigenvalue weighted by Gasteiger charge is 2.19. The highest BCUT2D eigenvalue weighted by molar-refractivity contribution is 7.80. The number of nitrogens with one attached hydrogen (secondary N) is 1. The van der Waals surface area contributed by atoms with Crippen molar-refractivity contribution in [2.75, 3.05) is 13.6 Å². The van der Waals surface area contributed by atoms with Gasteiger partial charge in [-0.3, -0.25) is 9.59 Å². The van der Waals surface area contributed by atoms with Gasteiger partial charge >= 0.3 is 11.8 Å². The summed E-state index contributed by atoms with van der Waals surface area (Å²) in [6.07, 6.45) is 0. The van der Waals surface area contributed by atoms with Crippen molar-refractivity contribution >= 4 is 29.0 Å². The van der Waals surface area contributed by atoms with Gasteiger partial charge in [-0.2, -0.15) is 0 Å². The van der Waals surface area contributed by atoms with Gasteiger partial charge in [0, 0.05) is 19.2 Å². The number of carbonyl (C=O) groups is 2. The Hall–Kier alpha value is -2.02. The Morgan fingerprint density at radius 1 is 1.42 bits per heavy atom. The summed E-state index contributed by atoms with van der Waals surface area (Å²) in [4.78, 5) is 24.3. The standard InChI is InChI=1S/C12H14FN3O2S/c1-16(7-8-4-2-3-5-9(8)13)12(18)11(17)15-6-10(14)19/h2-5H,6-7H2,1H3,(H2,14,19)(H,15,17). The van der Waals surface area contributed by atoms with Crippen LogP contribution in [0.1, 0.15) is 5.56 Å². The fourth-order valence-corrected chi connectivity index (χ4v) is 1.44. The fourth-order valence-electron chi connectivity index (χ4n) is 1.37. The normalized spacial score (nSPS) is 9.79. The quantitative estimate of drug-likeness (QED) is 0.611. The van der Waals surface area contributed by atoms with E-state index in [1.807, 2.05) is 0 Å². The summed E-state index contributed by atoms with van der Waals surface area (Å²) in [5, 5.41) is 2.27. The molecule has 102 valence electrons. The van der Waals surface area contributed by atoms with E-state index in [1.165, 1.54) is 13.1 Å². The highest BCUT2D eigenvalue weighted by atomic mass is 32.1. The van der Waals surface area contributed by atoms with Crippen LogP contribution in [0.3, 0.4) is 0 Å². The molecule has 1 aromatic carbocycles. The molecule has 7 heteroatoms. The molecule has 0 atom stereocenters. The van der Waals surface area contributed by atoms with Gasteiger partial charge in [0.2, 0.25) is 0 Å². The zero-order valence-electron chi connectivity index (χ0n) is 10.4. The Balaban J connectivity index is 2.60. The zero-order chi connectivity index (χ0) is 14.4. The first-order chi connectivity index (χ1) is 8.91. The van der Waals surface area contributed by atoms with Crippen molar-refractivity contribution in [2.24, 2.45) is 5.73 Å². The second kappa shape index (κ2) is 6.79. The molecule has 2 amide bonds. The van der Waals surface area contributed by atoms with Crippen molar-refractivity contribution < 1.29 is 14.0 Å². The van der Waals surface area contributed by atoms with Crippen LogP contribution in [0.5, 0.6) is 0 Å². The molecule has 0 unspecified atom stereocenters. The summed E-state index contributed by atoms with van der Waals surface area (Å²) in [5.74, 6) is -2.03. The van der Waals surface area contributed by atoms with Crippen molar-refractivity contribution in [3.8, 4) is 0 Å². The lowest BCUT2D eigenvalue weighted by molar-refractivity contribution is -0.145. The predicted molar refractivity (Wildman–Crippen MR) is 72.7 cm³/mol. The van der Waals surface area contributed by atoms with Crippen LogP contribution in [0, 0.1) is 5.82 Å². The summed E-state index contributed by atoms with van der Waals surface area (Å²) >= 11 is 4.58. The smallest absolute Gasteiger partial charge is 0.311 e. The van der Waals surface area contributed by atoms with E-state index in [1.54, 1.807) is 18.2 Å². The van der Waals surface area contributed by atoms with E-state index in [0.29, 0.717) is 5.56 Å². The molecule has 0 heterocycles. The Labute approximate surface area is 115 Å². The van der Waals surface area contributed by atoms with Gasteiger partial charge in [0.15, 0.2) is 0 Å². The summed E-state index contributed by atoms with van der Waals surface area (Å²) in [5.41, 5.74) is 5.54. The Kier molecular flexibility index (Phi) is 5.37. The fraction of sp³-hybridized carbons (Fsp3) is 0.250. The molecule has 0 fully saturated rings. The number of nitrogens with two attached hydrogens (primary N) is 1. The van der Waals surface area contributed by atoms with E-state index in [9.17, 15) is 14.0 Å². The van der Waals surface area contributed by atoms with E-state index < -0.39 is 17.6 Å². The average molecular weight is 283 g/mol. The first-order valence-corrected chi connectivity index (χ1v) is 5.87. The van der Waals surface area contributed by atoms with Gasteiger partial charge in [-0.1, -0.05) is 30.4 Å². The van der Waals surface area contributed by atoms with E-state index in [2.05, 4.69) is 17.5 Å². The molecular formula is C12H14FN3O2S. The van der Waals surface area contributed by atoms with Crippen LogP contribution < -0.4 is 11.1 Å². The van der Waals surface area contributed by atoms with E-state index in [4.69, 9.17) is 5.73 Å². The van der Waals surface area contributed by atoms with Gasteiger partial charge in [0.1, 0.15) is 5.82 Å². The molecule has 0 spiro atoms. The van der Waals surface area contributed by atoms with Gasteiger partial charge < -0.3 is 16.0 Å². The van der Waals surface area contributed by atoms with Crippen molar-refractivity contribution in [1.82, 2.24) is 10.2 Å². The maximum atomic E-state index is 13.4. The molecule has 0 aliphatic heterocycles. The monoisotopic (exact) mass is 283 g/mol. The first kappa shape index (κ1) is 15.0. The number of amides is 2. The van der Waals surface area contributed by atoms with Crippen LogP contribution in [0.15, 0.2) is 24.3 Å². The number of nitrogens with zero attached hydrogens (tertiary/aromatic N) is 1. The number of carbonyl (C=O) groups excluding carboxylic acids is 2. The average Bonchev–Trinajstić information content (AvgIpc) is 2.37. The highest BCUT2D eigenvalue weighted by Crippen LogP contribution is 2.08. The van der Waals surface area contributed by atoms with Gasteiger partial charge in [-0.25, -0.2) is 4.39 Å². The summed E-state index contributed by atoms with van der Waals surface area (Å²) in [6, 6.07) is 6.05.